The minimum atomic E-state index is -0.237. The zero-order valence-electron chi connectivity index (χ0n) is 22.1. The molecule has 6 nitrogen and oxygen atoms in total. The van der Waals surface area contributed by atoms with Crippen molar-refractivity contribution >= 4 is 17.6 Å². The lowest BCUT2D eigenvalue weighted by Gasteiger charge is -2.24. The van der Waals surface area contributed by atoms with Crippen molar-refractivity contribution in [3.05, 3.63) is 77.0 Å². The highest BCUT2D eigenvalue weighted by molar-refractivity contribution is 5.94. The molecule has 0 bridgehead atoms. The number of rotatable bonds is 8. The normalized spacial score (nSPS) is 11.5. The molecule has 186 valence electrons. The van der Waals surface area contributed by atoms with Crippen LogP contribution in [0.1, 0.15) is 57.0 Å². The van der Waals surface area contributed by atoms with Crippen molar-refractivity contribution in [1.82, 2.24) is 14.7 Å². The first-order chi connectivity index (χ1) is 16.5. The van der Waals surface area contributed by atoms with E-state index in [1.807, 2.05) is 62.4 Å². The second-order valence-corrected chi connectivity index (χ2v) is 10.7. The Labute approximate surface area is 209 Å². The lowest BCUT2D eigenvalue weighted by atomic mass is 9.92. The summed E-state index contributed by atoms with van der Waals surface area (Å²) in [7, 11) is 0. The average molecular weight is 475 g/mol. The fraction of sp³-hybridized carbons (Fsp3) is 0.414. The van der Waals surface area contributed by atoms with E-state index in [1.54, 1.807) is 9.58 Å². The van der Waals surface area contributed by atoms with Crippen molar-refractivity contribution in [2.75, 3.05) is 18.4 Å². The average Bonchev–Trinajstić information content (AvgIpc) is 3.19. The Bertz CT molecular complexity index is 1170. The van der Waals surface area contributed by atoms with Crippen LogP contribution in [0.4, 0.5) is 5.82 Å². The van der Waals surface area contributed by atoms with E-state index in [0.29, 0.717) is 12.4 Å². The highest BCUT2D eigenvalue weighted by Gasteiger charge is 2.24. The second-order valence-electron chi connectivity index (χ2n) is 10.7. The molecule has 3 rings (SSSR count). The molecular weight excluding hydrogens is 436 g/mol. The standard InChI is InChI=1S/C29H38N4O2/c1-20(2)18-32(28(35)16-23-13-9-8-10-14-23)19-27(34)30-26-17-25(29(5,6)7)31-33(26)24-15-11-12-21(3)22(24)4/h8-15,17,20H,16,18-19H2,1-7H3,(H,30,34). The van der Waals surface area contributed by atoms with Crippen LogP contribution in [0.5, 0.6) is 0 Å². The molecule has 1 N–H and O–H groups in total. The topological polar surface area (TPSA) is 67.2 Å². The third kappa shape index (κ3) is 6.81. The number of benzene rings is 2. The van der Waals surface area contributed by atoms with E-state index in [0.717, 1.165) is 28.1 Å². The molecule has 0 radical (unpaired) electrons. The molecule has 35 heavy (non-hydrogen) atoms. The maximum atomic E-state index is 13.2. The molecule has 2 aromatic carbocycles. The Morgan fingerprint density at radius 2 is 1.71 bits per heavy atom. The van der Waals surface area contributed by atoms with E-state index in [4.69, 9.17) is 5.10 Å². The number of aryl methyl sites for hydroxylation is 1. The van der Waals surface area contributed by atoms with Crippen LogP contribution in [0, 0.1) is 19.8 Å². The number of hydrogen-bond donors (Lipinski definition) is 1. The van der Waals surface area contributed by atoms with Crippen molar-refractivity contribution in [3.8, 4) is 5.69 Å². The van der Waals surface area contributed by atoms with Crippen LogP contribution in [0.15, 0.2) is 54.6 Å². The lowest BCUT2D eigenvalue weighted by molar-refractivity contribution is -0.134. The van der Waals surface area contributed by atoms with Crippen LogP contribution in [0.3, 0.4) is 0 Å². The van der Waals surface area contributed by atoms with Crippen LogP contribution in [-0.2, 0) is 21.4 Å². The smallest absolute Gasteiger partial charge is 0.245 e. The number of nitrogens with one attached hydrogen (secondary N) is 1. The molecule has 6 heteroatoms. The van der Waals surface area contributed by atoms with Crippen LogP contribution >= 0.6 is 0 Å². The zero-order chi connectivity index (χ0) is 25.8. The van der Waals surface area contributed by atoms with Crippen molar-refractivity contribution in [2.45, 2.75) is 60.3 Å². The van der Waals surface area contributed by atoms with E-state index in [-0.39, 0.29) is 36.1 Å². The van der Waals surface area contributed by atoms with Crippen molar-refractivity contribution in [2.24, 2.45) is 5.92 Å². The van der Waals surface area contributed by atoms with Crippen molar-refractivity contribution in [1.29, 1.82) is 0 Å². The Morgan fingerprint density at radius 1 is 1.03 bits per heavy atom. The third-order valence-electron chi connectivity index (χ3n) is 6.02. The minimum absolute atomic E-state index is 0.00726. The van der Waals surface area contributed by atoms with E-state index in [9.17, 15) is 9.59 Å². The lowest BCUT2D eigenvalue weighted by Crippen LogP contribution is -2.41. The van der Waals surface area contributed by atoms with Gasteiger partial charge in [0.05, 0.1) is 24.3 Å². The number of nitrogens with zero attached hydrogens (tertiary/aromatic N) is 3. The van der Waals surface area contributed by atoms with Gasteiger partial charge in [-0.05, 0) is 42.5 Å². The fourth-order valence-electron chi connectivity index (χ4n) is 3.92. The molecule has 0 fully saturated rings. The monoisotopic (exact) mass is 474 g/mol. The Kier molecular flexibility index (Phi) is 8.15. The van der Waals surface area contributed by atoms with E-state index in [1.165, 1.54) is 0 Å². The Hall–Kier alpha value is -3.41. The summed E-state index contributed by atoms with van der Waals surface area (Å²) in [5.74, 6) is 0.557. The van der Waals surface area contributed by atoms with Gasteiger partial charge in [-0.2, -0.15) is 5.10 Å². The van der Waals surface area contributed by atoms with Gasteiger partial charge in [-0.1, -0.05) is 77.1 Å². The number of aromatic nitrogens is 2. The molecule has 0 aliphatic rings. The van der Waals surface area contributed by atoms with Gasteiger partial charge in [-0.3, -0.25) is 9.59 Å². The van der Waals surface area contributed by atoms with E-state index >= 15 is 0 Å². The van der Waals surface area contributed by atoms with Crippen LogP contribution in [-0.4, -0.2) is 39.6 Å². The predicted octanol–water partition coefficient (Wildman–Crippen LogP) is 5.45. The molecule has 1 aromatic heterocycles. The maximum Gasteiger partial charge on any atom is 0.245 e. The first-order valence-electron chi connectivity index (χ1n) is 12.2. The van der Waals surface area contributed by atoms with Gasteiger partial charge in [-0.15, -0.1) is 0 Å². The second kappa shape index (κ2) is 10.9. The predicted molar refractivity (Wildman–Crippen MR) is 142 cm³/mol. The van der Waals surface area contributed by atoms with Crippen molar-refractivity contribution in [3.63, 3.8) is 0 Å². The van der Waals surface area contributed by atoms with E-state index < -0.39 is 0 Å². The summed E-state index contributed by atoms with van der Waals surface area (Å²) in [6, 6.07) is 17.6. The largest absolute Gasteiger partial charge is 0.333 e. The molecule has 0 unspecified atom stereocenters. The fourth-order valence-corrected chi connectivity index (χ4v) is 3.92. The number of carbonyl (C=O) groups excluding carboxylic acids is 2. The molecule has 0 atom stereocenters. The van der Waals surface area contributed by atoms with Crippen LogP contribution in [0.25, 0.3) is 5.69 Å². The summed E-state index contributed by atoms with van der Waals surface area (Å²) in [5.41, 5.74) is 4.82. The van der Waals surface area contributed by atoms with Gasteiger partial charge in [-0.25, -0.2) is 4.68 Å². The number of anilines is 1. The summed E-state index contributed by atoms with van der Waals surface area (Å²) in [6.45, 7) is 15.0. The molecule has 1 heterocycles. The molecule has 2 amide bonds. The summed E-state index contributed by atoms with van der Waals surface area (Å²) < 4.78 is 1.80. The molecule has 0 aliphatic carbocycles. The highest BCUT2D eigenvalue weighted by atomic mass is 16.2. The molecule has 0 spiro atoms. The summed E-state index contributed by atoms with van der Waals surface area (Å²) >= 11 is 0. The van der Waals surface area contributed by atoms with Crippen LogP contribution < -0.4 is 5.32 Å². The molecular formula is C29H38N4O2. The van der Waals surface area contributed by atoms with Gasteiger partial charge in [0, 0.05) is 18.0 Å². The maximum absolute atomic E-state index is 13.2. The van der Waals surface area contributed by atoms with Crippen LogP contribution in [0.2, 0.25) is 0 Å². The molecule has 3 aromatic rings. The first kappa shape index (κ1) is 26.2. The Morgan fingerprint density at radius 3 is 2.34 bits per heavy atom. The first-order valence-corrected chi connectivity index (χ1v) is 12.2. The number of carbonyl (C=O) groups is 2. The van der Waals surface area contributed by atoms with Gasteiger partial charge < -0.3 is 10.2 Å². The molecule has 0 saturated heterocycles. The number of amides is 2. The van der Waals surface area contributed by atoms with Crippen molar-refractivity contribution < 1.29 is 9.59 Å². The summed E-state index contributed by atoms with van der Waals surface area (Å²) in [5, 5.41) is 7.88. The minimum Gasteiger partial charge on any atom is -0.333 e. The summed E-state index contributed by atoms with van der Waals surface area (Å²) in [6.07, 6.45) is 0.273. The quantitative estimate of drug-likeness (QED) is 0.472. The zero-order valence-corrected chi connectivity index (χ0v) is 22.1. The van der Waals surface area contributed by atoms with Gasteiger partial charge in [0.25, 0.3) is 0 Å². The van der Waals surface area contributed by atoms with E-state index in [2.05, 4.69) is 46.0 Å². The molecule has 0 aliphatic heterocycles. The van der Waals surface area contributed by atoms with Gasteiger partial charge >= 0.3 is 0 Å². The third-order valence-corrected chi connectivity index (χ3v) is 6.02. The van der Waals surface area contributed by atoms with Gasteiger partial charge in [0.2, 0.25) is 11.8 Å². The highest BCUT2D eigenvalue weighted by Crippen LogP contribution is 2.28. The molecule has 0 saturated carbocycles. The van der Waals surface area contributed by atoms with Gasteiger partial charge in [0.15, 0.2) is 0 Å². The summed E-state index contributed by atoms with van der Waals surface area (Å²) in [4.78, 5) is 27.9. The SMILES string of the molecule is Cc1cccc(-n2nc(C(C)(C)C)cc2NC(=O)CN(CC(C)C)C(=O)Cc2ccccc2)c1C. The Balaban J connectivity index is 1.86. The number of hydrogen-bond acceptors (Lipinski definition) is 3. The van der Waals surface area contributed by atoms with Gasteiger partial charge in [0.1, 0.15) is 5.82 Å².